The second kappa shape index (κ2) is 14.3. The van der Waals surface area contributed by atoms with Crippen LogP contribution in [0.2, 0.25) is 0 Å². The van der Waals surface area contributed by atoms with E-state index in [0.29, 0.717) is 24.2 Å². The minimum atomic E-state index is -5.08. The highest BCUT2D eigenvalue weighted by atomic mass is 32.1. The third-order valence-corrected chi connectivity index (χ3v) is 7.76. The maximum atomic E-state index is 11.3. The van der Waals surface area contributed by atoms with Crippen molar-refractivity contribution in [2.45, 2.75) is 58.9 Å². The van der Waals surface area contributed by atoms with Gasteiger partial charge in [-0.05, 0) is 81.1 Å². The summed E-state index contributed by atoms with van der Waals surface area (Å²) in [7, 11) is 0. The van der Waals surface area contributed by atoms with Crippen molar-refractivity contribution in [2.24, 2.45) is 5.92 Å². The zero-order valence-electron chi connectivity index (χ0n) is 23.4. The van der Waals surface area contributed by atoms with Gasteiger partial charge >= 0.3 is 18.1 Å². The van der Waals surface area contributed by atoms with Gasteiger partial charge in [0.1, 0.15) is 16.8 Å². The third kappa shape index (κ3) is 8.53. The molecule has 1 saturated heterocycles. The standard InChI is InChI=1S/C28H31N3O3S.C2HF3O2/c1-4-23-21(17-31-12-10-19(11-13-31)28(32)33)6-5-7-24(23)26-16-30-27(35-26)20-8-9-25(34-18(2)3)22(14-20)15-29;3-2(4,5)1(6)7/h5-9,14,16,18-19H,4,10-13,17H2,1-3H3,(H,32,33);(H,6,7). The number of halogens is 3. The fraction of sp³-hybridized carbons (Fsp3) is 0.400. The Morgan fingerprint density at radius 1 is 1.19 bits per heavy atom. The number of piperidine rings is 1. The molecule has 0 spiro atoms. The summed E-state index contributed by atoms with van der Waals surface area (Å²) < 4.78 is 37.5. The number of carboxylic acids is 2. The number of aromatic nitrogens is 1. The predicted molar refractivity (Wildman–Crippen MR) is 152 cm³/mol. The van der Waals surface area contributed by atoms with Gasteiger partial charge in [-0.2, -0.15) is 18.4 Å². The average molecular weight is 604 g/mol. The Hall–Kier alpha value is -3.95. The van der Waals surface area contributed by atoms with Crippen LogP contribution in [0.3, 0.4) is 0 Å². The maximum absolute atomic E-state index is 11.3. The first-order valence-electron chi connectivity index (χ1n) is 13.4. The Morgan fingerprint density at radius 3 is 2.40 bits per heavy atom. The first-order valence-corrected chi connectivity index (χ1v) is 14.2. The number of carboxylic acid groups (broad SMARTS) is 2. The zero-order chi connectivity index (χ0) is 31.0. The van der Waals surface area contributed by atoms with E-state index >= 15 is 0 Å². The normalized spacial score (nSPS) is 14.1. The summed E-state index contributed by atoms with van der Waals surface area (Å²) in [5.41, 5.74) is 5.20. The number of benzene rings is 2. The number of rotatable bonds is 8. The number of nitriles is 1. The zero-order valence-corrected chi connectivity index (χ0v) is 24.3. The second-order valence-electron chi connectivity index (χ2n) is 10.0. The molecule has 0 radical (unpaired) electrons. The van der Waals surface area contributed by atoms with Crippen molar-refractivity contribution in [3.8, 4) is 32.8 Å². The van der Waals surface area contributed by atoms with Gasteiger partial charge in [0.25, 0.3) is 0 Å². The number of hydrogen-bond donors (Lipinski definition) is 2. The van der Waals surface area contributed by atoms with E-state index in [1.165, 1.54) is 16.7 Å². The van der Waals surface area contributed by atoms with Gasteiger partial charge in [-0.3, -0.25) is 9.69 Å². The smallest absolute Gasteiger partial charge is 0.490 e. The van der Waals surface area contributed by atoms with Gasteiger partial charge in [0.05, 0.1) is 22.5 Å². The van der Waals surface area contributed by atoms with Gasteiger partial charge in [0.15, 0.2) is 0 Å². The van der Waals surface area contributed by atoms with Crippen molar-refractivity contribution in [3.05, 3.63) is 59.3 Å². The fourth-order valence-electron chi connectivity index (χ4n) is 4.65. The Bertz CT molecular complexity index is 1440. The van der Waals surface area contributed by atoms with Crippen LogP contribution in [0.4, 0.5) is 13.2 Å². The molecule has 1 fully saturated rings. The third-order valence-electron chi connectivity index (χ3n) is 6.68. The number of likely N-dealkylation sites (tertiary alicyclic amines) is 1. The molecule has 0 amide bonds. The number of ether oxygens (including phenoxy) is 1. The molecule has 2 aromatic carbocycles. The van der Waals surface area contributed by atoms with Crippen LogP contribution < -0.4 is 4.74 Å². The van der Waals surface area contributed by atoms with Gasteiger partial charge in [-0.1, -0.05) is 25.1 Å². The summed E-state index contributed by atoms with van der Waals surface area (Å²) in [5, 5.41) is 26.9. The first kappa shape index (κ1) is 32.6. The highest BCUT2D eigenvalue weighted by Crippen LogP contribution is 2.37. The van der Waals surface area contributed by atoms with Crippen molar-refractivity contribution >= 4 is 23.3 Å². The van der Waals surface area contributed by atoms with Gasteiger partial charge in [-0.25, -0.2) is 9.78 Å². The van der Waals surface area contributed by atoms with Crippen LogP contribution in [-0.2, 0) is 22.6 Å². The fourth-order valence-corrected chi connectivity index (χ4v) is 5.61. The molecule has 1 aliphatic heterocycles. The van der Waals surface area contributed by atoms with Gasteiger partial charge in [-0.15, -0.1) is 11.3 Å². The maximum Gasteiger partial charge on any atom is 0.490 e. The predicted octanol–water partition coefficient (Wildman–Crippen LogP) is 6.63. The number of nitrogens with zero attached hydrogens (tertiary/aromatic N) is 3. The molecule has 42 heavy (non-hydrogen) atoms. The molecule has 2 heterocycles. The molecule has 12 heteroatoms. The number of alkyl halides is 3. The van der Waals surface area contributed by atoms with Crippen molar-refractivity contribution < 1.29 is 37.7 Å². The van der Waals surface area contributed by atoms with Gasteiger partial charge < -0.3 is 14.9 Å². The van der Waals surface area contributed by atoms with Crippen LogP contribution in [0.1, 0.15) is 50.3 Å². The Morgan fingerprint density at radius 2 is 1.86 bits per heavy atom. The van der Waals surface area contributed by atoms with Crippen molar-refractivity contribution in [1.29, 1.82) is 5.26 Å². The quantitative estimate of drug-likeness (QED) is 0.294. The molecule has 0 aliphatic carbocycles. The van der Waals surface area contributed by atoms with Gasteiger partial charge in [0.2, 0.25) is 0 Å². The molecule has 0 atom stereocenters. The number of thiazole rings is 1. The molecule has 4 rings (SSSR count). The summed E-state index contributed by atoms with van der Waals surface area (Å²) in [6.07, 6.45) is -0.839. The summed E-state index contributed by atoms with van der Waals surface area (Å²) in [4.78, 5) is 28.3. The lowest BCUT2D eigenvalue weighted by Gasteiger charge is -2.30. The molecule has 8 nitrogen and oxygen atoms in total. The molecule has 0 saturated carbocycles. The second-order valence-corrected chi connectivity index (χ2v) is 11.0. The van der Waals surface area contributed by atoms with Crippen LogP contribution in [0.5, 0.6) is 5.75 Å². The van der Waals surface area contributed by atoms with E-state index in [-0.39, 0.29) is 12.0 Å². The highest BCUT2D eigenvalue weighted by molar-refractivity contribution is 7.18. The highest BCUT2D eigenvalue weighted by Gasteiger charge is 2.38. The van der Waals surface area contributed by atoms with E-state index in [4.69, 9.17) is 14.6 Å². The lowest BCUT2D eigenvalue weighted by Crippen LogP contribution is -2.36. The van der Waals surface area contributed by atoms with Crippen LogP contribution >= 0.6 is 11.3 Å². The molecule has 0 unspecified atom stereocenters. The van der Waals surface area contributed by atoms with E-state index in [2.05, 4.69) is 41.1 Å². The van der Waals surface area contributed by atoms with E-state index in [1.807, 2.05) is 38.2 Å². The minimum absolute atomic E-state index is 0.00249. The largest absolute Gasteiger partial charge is 0.490 e. The summed E-state index contributed by atoms with van der Waals surface area (Å²) in [6, 6.07) is 14.3. The number of hydrogen-bond acceptors (Lipinski definition) is 7. The molecule has 224 valence electrons. The molecule has 3 aromatic rings. The van der Waals surface area contributed by atoms with E-state index in [0.717, 1.165) is 41.5 Å². The molecular formula is C30H32F3N3O5S. The topological polar surface area (TPSA) is 124 Å². The molecule has 0 bridgehead atoms. The molecular weight excluding hydrogens is 571 g/mol. The van der Waals surface area contributed by atoms with Crippen LogP contribution in [-0.4, -0.2) is 57.4 Å². The van der Waals surface area contributed by atoms with Gasteiger partial charge in [0, 0.05) is 18.3 Å². The Balaban J connectivity index is 0.000000616. The number of aliphatic carboxylic acids is 2. The summed E-state index contributed by atoms with van der Waals surface area (Å²) in [5.74, 6) is -3.05. The summed E-state index contributed by atoms with van der Waals surface area (Å²) >= 11 is 1.63. The summed E-state index contributed by atoms with van der Waals surface area (Å²) in [6.45, 7) is 8.52. The van der Waals surface area contributed by atoms with Crippen molar-refractivity contribution in [1.82, 2.24) is 9.88 Å². The van der Waals surface area contributed by atoms with E-state index in [9.17, 15) is 28.3 Å². The van der Waals surface area contributed by atoms with E-state index < -0.39 is 18.1 Å². The number of carbonyl (C=O) groups is 2. The van der Waals surface area contributed by atoms with Crippen LogP contribution in [0, 0.1) is 17.2 Å². The van der Waals surface area contributed by atoms with Crippen molar-refractivity contribution in [2.75, 3.05) is 13.1 Å². The monoisotopic (exact) mass is 603 g/mol. The first-order chi connectivity index (χ1) is 19.8. The Labute approximate surface area is 246 Å². The molecule has 2 N–H and O–H groups in total. The SMILES string of the molecule is CCc1c(CN2CCC(C(=O)O)CC2)cccc1-c1cnc(-c2ccc(OC(C)C)c(C#N)c2)s1.O=C(O)C(F)(F)F. The van der Waals surface area contributed by atoms with E-state index in [1.54, 1.807) is 11.3 Å². The molecule has 1 aliphatic rings. The van der Waals surface area contributed by atoms with Crippen molar-refractivity contribution in [3.63, 3.8) is 0 Å². The Kier molecular flexibility index (Phi) is 11.1. The van der Waals surface area contributed by atoms with Crippen LogP contribution in [0.25, 0.3) is 21.0 Å². The average Bonchev–Trinajstić information content (AvgIpc) is 3.43. The van der Waals surface area contributed by atoms with Crippen LogP contribution in [0.15, 0.2) is 42.6 Å². The minimum Gasteiger partial charge on any atom is -0.490 e. The lowest BCUT2D eigenvalue weighted by atomic mass is 9.94. The molecule has 1 aromatic heterocycles. The lowest BCUT2D eigenvalue weighted by molar-refractivity contribution is -0.192.